The van der Waals surface area contributed by atoms with Crippen LogP contribution in [0.4, 0.5) is 4.79 Å². The number of halogens is 1. The number of rotatable bonds is 1. The van der Waals surface area contributed by atoms with Gasteiger partial charge < -0.3 is 10.0 Å². The predicted molar refractivity (Wildman–Crippen MR) is 67.6 cm³/mol. The van der Waals surface area contributed by atoms with Gasteiger partial charge in [-0.25, -0.2) is 4.79 Å². The Morgan fingerprint density at radius 3 is 2.50 bits per heavy atom. The van der Waals surface area contributed by atoms with Crippen LogP contribution in [0.5, 0.6) is 0 Å². The molecule has 0 bridgehead atoms. The number of nitriles is 1. The summed E-state index contributed by atoms with van der Waals surface area (Å²) in [5.74, 6) is 0. The fourth-order valence-corrected chi connectivity index (χ4v) is 2.69. The molecular formula is C13H13ClN2O2. The average Bonchev–Trinajstić information content (AvgIpc) is 2.39. The normalized spacial score (nSPS) is 18.1. The van der Waals surface area contributed by atoms with E-state index in [9.17, 15) is 10.1 Å². The lowest BCUT2D eigenvalue weighted by molar-refractivity contribution is 0.125. The van der Waals surface area contributed by atoms with Crippen molar-refractivity contribution < 1.29 is 9.90 Å². The number of carbonyl (C=O) groups is 1. The lowest BCUT2D eigenvalue weighted by Crippen LogP contribution is -2.44. The topological polar surface area (TPSA) is 64.3 Å². The Kier molecular flexibility index (Phi) is 3.44. The van der Waals surface area contributed by atoms with Gasteiger partial charge in [0.15, 0.2) is 0 Å². The fraction of sp³-hybridized carbons (Fsp3) is 0.385. The summed E-state index contributed by atoms with van der Waals surface area (Å²) in [4.78, 5) is 12.2. The SMILES string of the molecule is N#CC1(c2ccccc2Cl)CCN(C(=O)O)CC1. The largest absolute Gasteiger partial charge is 0.465 e. The molecule has 0 spiro atoms. The Balaban J connectivity index is 2.28. The Morgan fingerprint density at radius 2 is 2.00 bits per heavy atom. The highest BCUT2D eigenvalue weighted by molar-refractivity contribution is 6.31. The number of piperidine rings is 1. The number of hydrogen-bond acceptors (Lipinski definition) is 2. The summed E-state index contributed by atoms with van der Waals surface area (Å²) in [6, 6.07) is 9.62. The maximum Gasteiger partial charge on any atom is 0.407 e. The first-order valence-corrected chi connectivity index (χ1v) is 6.11. The first kappa shape index (κ1) is 12.7. The van der Waals surface area contributed by atoms with Crippen molar-refractivity contribution in [1.82, 2.24) is 4.90 Å². The summed E-state index contributed by atoms with van der Waals surface area (Å²) in [7, 11) is 0. The van der Waals surface area contributed by atoms with E-state index in [1.165, 1.54) is 4.90 Å². The van der Waals surface area contributed by atoms with E-state index in [1.807, 2.05) is 18.2 Å². The van der Waals surface area contributed by atoms with Crippen LogP contribution in [0.2, 0.25) is 5.02 Å². The van der Waals surface area contributed by atoms with E-state index in [-0.39, 0.29) is 0 Å². The number of amides is 1. The number of carboxylic acid groups (broad SMARTS) is 1. The molecule has 0 unspecified atom stereocenters. The molecule has 0 atom stereocenters. The smallest absolute Gasteiger partial charge is 0.407 e. The Hall–Kier alpha value is -1.73. The molecule has 18 heavy (non-hydrogen) atoms. The van der Waals surface area contributed by atoms with Crippen molar-refractivity contribution in [3.05, 3.63) is 34.9 Å². The van der Waals surface area contributed by atoms with Crippen molar-refractivity contribution in [3.8, 4) is 6.07 Å². The molecule has 1 N–H and O–H groups in total. The highest BCUT2D eigenvalue weighted by atomic mass is 35.5. The summed E-state index contributed by atoms with van der Waals surface area (Å²) in [5.41, 5.74) is 0.142. The van der Waals surface area contributed by atoms with Gasteiger partial charge in [-0.2, -0.15) is 5.26 Å². The fourth-order valence-electron chi connectivity index (χ4n) is 2.37. The maximum atomic E-state index is 10.9. The standard InChI is InChI=1S/C13H13ClN2O2/c14-11-4-2-1-3-10(11)13(9-15)5-7-16(8-6-13)12(17)18/h1-4H,5-8H2,(H,17,18). The third kappa shape index (κ3) is 2.14. The molecule has 5 heteroatoms. The van der Waals surface area contributed by atoms with Crippen LogP contribution in [0.25, 0.3) is 0 Å². The van der Waals surface area contributed by atoms with Crippen LogP contribution < -0.4 is 0 Å². The molecule has 1 aliphatic heterocycles. The van der Waals surface area contributed by atoms with Gasteiger partial charge in [-0.05, 0) is 24.5 Å². The molecule has 1 aromatic rings. The summed E-state index contributed by atoms with van der Waals surface area (Å²) in [5, 5.41) is 19.0. The Labute approximate surface area is 110 Å². The zero-order valence-corrected chi connectivity index (χ0v) is 10.5. The minimum atomic E-state index is -0.930. The van der Waals surface area contributed by atoms with E-state index >= 15 is 0 Å². The third-order valence-electron chi connectivity index (χ3n) is 3.49. The molecule has 94 valence electrons. The maximum absolute atomic E-state index is 10.9. The van der Waals surface area contributed by atoms with E-state index in [1.54, 1.807) is 6.07 Å². The highest BCUT2D eigenvalue weighted by Crippen LogP contribution is 2.38. The number of nitrogens with zero attached hydrogens (tertiary/aromatic N) is 2. The lowest BCUT2D eigenvalue weighted by atomic mass is 9.74. The average molecular weight is 265 g/mol. The van der Waals surface area contributed by atoms with Crippen LogP contribution in [-0.4, -0.2) is 29.2 Å². The molecule has 1 aromatic carbocycles. The summed E-state index contributed by atoms with van der Waals surface area (Å²) in [6.45, 7) is 0.738. The first-order valence-electron chi connectivity index (χ1n) is 5.73. The second-order valence-electron chi connectivity index (χ2n) is 4.44. The van der Waals surface area contributed by atoms with Crippen LogP contribution in [0.3, 0.4) is 0 Å². The highest BCUT2D eigenvalue weighted by Gasteiger charge is 2.38. The molecule has 4 nitrogen and oxygen atoms in total. The van der Waals surface area contributed by atoms with Crippen molar-refractivity contribution in [2.45, 2.75) is 18.3 Å². The summed E-state index contributed by atoms with van der Waals surface area (Å²) in [6.07, 6.45) is 0.0414. The first-order chi connectivity index (χ1) is 8.59. The van der Waals surface area contributed by atoms with Gasteiger partial charge in [0.2, 0.25) is 0 Å². The minimum Gasteiger partial charge on any atom is -0.465 e. The van der Waals surface area contributed by atoms with E-state index in [0.29, 0.717) is 31.0 Å². The van der Waals surface area contributed by atoms with Gasteiger partial charge in [0.1, 0.15) is 0 Å². The number of hydrogen-bond donors (Lipinski definition) is 1. The lowest BCUT2D eigenvalue weighted by Gasteiger charge is -2.36. The quantitative estimate of drug-likeness (QED) is 0.848. The van der Waals surface area contributed by atoms with Gasteiger partial charge >= 0.3 is 6.09 Å². The Bertz CT molecular complexity index is 502. The van der Waals surface area contributed by atoms with Crippen molar-refractivity contribution in [2.24, 2.45) is 0 Å². The monoisotopic (exact) mass is 264 g/mol. The second-order valence-corrected chi connectivity index (χ2v) is 4.85. The molecule has 0 saturated carbocycles. The zero-order chi connectivity index (χ0) is 13.2. The van der Waals surface area contributed by atoms with Crippen LogP contribution >= 0.6 is 11.6 Å². The van der Waals surface area contributed by atoms with Gasteiger partial charge in [-0.3, -0.25) is 0 Å². The molecule has 2 rings (SSSR count). The van der Waals surface area contributed by atoms with E-state index in [4.69, 9.17) is 16.7 Å². The second kappa shape index (κ2) is 4.87. The summed E-state index contributed by atoms with van der Waals surface area (Å²) >= 11 is 6.14. The third-order valence-corrected chi connectivity index (χ3v) is 3.82. The van der Waals surface area contributed by atoms with E-state index in [2.05, 4.69) is 6.07 Å². The molecule has 1 fully saturated rings. The van der Waals surface area contributed by atoms with Crippen molar-refractivity contribution >= 4 is 17.7 Å². The van der Waals surface area contributed by atoms with Crippen LogP contribution in [0.15, 0.2) is 24.3 Å². The van der Waals surface area contributed by atoms with Gasteiger partial charge in [0, 0.05) is 18.1 Å². The zero-order valence-electron chi connectivity index (χ0n) is 9.77. The molecule has 1 amide bonds. The molecule has 1 aliphatic rings. The Morgan fingerprint density at radius 1 is 1.39 bits per heavy atom. The predicted octanol–water partition coefficient (Wildman–Crippen LogP) is 2.88. The molecule has 0 aromatic heterocycles. The van der Waals surface area contributed by atoms with Crippen LogP contribution in [0.1, 0.15) is 18.4 Å². The number of likely N-dealkylation sites (tertiary alicyclic amines) is 1. The molecule has 0 radical (unpaired) electrons. The van der Waals surface area contributed by atoms with Gasteiger partial charge in [-0.15, -0.1) is 0 Å². The van der Waals surface area contributed by atoms with Crippen molar-refractivity contribution in [1.29, 1.82) is 5.26 Å². The minimum absolute atomic E-state index is 0.369. The molecule has 1 heterocycles. The number of benzene rings is 1. The van der Waals surface area contributed by atoms with Crippen LogP contribution in [0, 0.1) is 11.3 Å². The van der Waals surface area contributed by atoms with Gasteiger partial charge in [0.25, 0.3) is 0 Å². The van der Waals surface area contributed by atoms with Crippen molar-refractivity contribution in [3.63, 3.8) is 0 Å². The van der Waals surface area contributed by atoms with E-state index < -0.39 is 11.5 Å². The molecular weight excluding hydrogens is 252 g/mol. The van der Waals surface area contributed by atoms with E-state index in [0.717, 1.165) is 5.56 Å². The van der Waals surface area contributed by atoms with Gasteiger partial charge in [-0.1, -0.05) is 29.8 Å². The van der Waals surface area contributed by atoms with Crippen LogP contribution in [-0.2, 0) is 5.41 Å². The molecule has 1 saturated heterocycles. The van der Waals surface area contributed by atoms with Crippen molar-refractivity contribution in [2.75, 3.05) is 13.1 Å². The summed E-state index contributed by atoms with van der Waals surface area (Å²) < 4.78 is 0. The van der Waals surface area contributed by atoms with Gasteiger partial charge in [0.05, 0.1) is 11.5 Å². The molecule has 0 aliphatic carbocycles.